The van der Waals surface area contributed by atoms with Gasteiger partial charge >= 0.3 is 11.9 Å². The molecule has 1 unspecified atom stereocenters. The second kappa shape index (κ2) is 33.3. The highest BCUT2D eigenvalue weighted by molar-refractivity contribution is 5.69. The van der Waals surface area contributed by atoms with Gasteiger partial charge < -0.3 is 19.3 Å². The number of hydrogen-bond donors (Lipinski definition) is 0. The maximum atomic E-state index is 13.6. The first-order valence-electron chi connectivity index (χ1n) is 19.6. The normalized spacial score (nSPS) is 12.9. The van der Waals surface area contributed by atoms with Crippen LogP contribution in [0.1, 0.15) is 155 Å². The molecule has 0 amide bonds. The summed E-state index contributed by atoms with van der Waals surface area (Å²) in [4.78, 5) is 28.8. The molecule has 0 radical (unpaired) electrons. The molecule has 0 aromatic heterocycles. The summed E-state index contributed by atoms with van der Waals surface area (Å²) < 4.78 is 51.3. The molecule has 0 rings (SSSR count). The van der Waals surface area contributed by atoms with E-state index < -0.39 is 12.1 Å². The number of carbonyl (C=O) groups excluding carboxylic acids is 2. The lowest BCUT2D eigenvalue weighted by molar-refractivity contribution is -0.144. The molecule has 0 heterocycles. The molecule has 0 spiro atoms. The smallest absolute Gasteiger partial charge is 0.305 e. The fourth-order valence-corrected chi connectivity index (χ4v) is 5.49. The highest BCUT2D eigenvalue weighted by Crippen LogP contribution is 2.23. The van der Waals surface area contributed by atoms with Crippen LogP contribution in [0.25, 0.3) is 0 Å². The fraction of sp³-hybridized carbons (Fsp3) is 0.850. The highest BCUT2D eigenvalue weighted by atomic mass is 19.3. The van der Waals surface area contributed by atoms with Crippen LogP contribution in [0.2, 0.25) is 0 Å². The molecular formula is C40H73F3N2O4. The molecule has 0 saturated heterocycles. The van der Waals surface area contributed by atoms with Crippen molar-refractivity contribution in [3.8, 4) is 0 Å². The number of halogens is 3. The summed E-state index contributed by atoms with van der Waals surface area (Å²) in [5.74, 6) is -3.18. The van der Waals surface area contributed by atoms with E-state index in [2.05, 4.69) is 30.8 Å². The van der Waals surface area contributed by atoms with Crippen LogP contribution in [0.4, 0.5) is 13.2 Å². The van der Waals surface area contributed by atoms with Gasteiger partial charge in [-0.05, 0) is 111 Å². The van der Waals surface area contributed by atoms with Gasteiger partial charge in [-0.2, -0.15) is 0 Å². The SMILES string of the molecule is CCCCC(F)/C=C\CCOC(=O)CCCCCCCN(CCCCCCCC(=O)OCC/C=C\C(F)(F)CCCC)CCCCN(C)C. The molecular weight excluding hydrogens is 629 g/mol. The largest absolute Gasteiger partial charge is 0.465 e. The Hall–Kier alpha value is -1.87. The van der Waals surface area contributed by atoms with Gasteiger partial charge in [-0.3, -0.25) is 9.59 Å². The monoisotopic (exact) mass is 703 g/mol. The van der Waals surface area contributed by atoms with Crippen LogP contribution >= 0.6 is 0 Å². The number of carbonyl (C=O) groups is 2. The van der Waals surface area contributed by atoms with Gasteiger partial charge in [-0.15, -0.1) is 0 Å². The van der Waals surface area contributed by atoms with Gasteiger partial charge in [0.25, 0.3) is 5.92 Å². The summed E-state index contributed by atoms with van der Waals surface area (Å²) in [5, 5.41) is 0. The van der Waals surface area contributed by atoms with E-state index in [1.54, 1.807) is 12.2 Å². The van der Waals surface area contributed by atoms with Gasteiger partial charge in [-0.25, -0.2) is 13.2 Å². The molecule has 0 aliphatic rings. The molecule has 1 atom stereocenters. The maximum absolute atomic E-state index is 13.6. The molecule has 0 aromatic rings. The van der Waals surface area contributed by atoms with Crippen LogP contribution in [-0.4, -0.2) is 87.3 Å². The van der Waals surface area contributed by atoms with Crippen molar-refractivity contribution in [1.29, 1.82) is 0 Å². The Balaban J connectivity index is 4.03. The van der Waals surface area contributed by atoms with E-state index >= 15 is 0 Å². The Morgan fingerprint density at radius 2 is 1.12 bits per heavy atom. The standard InChI is InChI=1S/C40H73F3N2O4/c1-5-7-25-37(41)26-17-23-35-48-38(46)27-15-11-9-13-19-32-45(34-22-21-31-44(3)4)33-20-14-10-12-16-28-39(47)49-36-24-18-30-40(42,43)29-8-6-2/h17-18,26,30,37H,5-16,19-25,27-29,31-36H2,1-4H3/b26-17-,30-18-. The van der Waals surface area contributed by atoms with E-state index in [9.17, 15) is 22.8 Å². The van der Waals surface area contributed by atoms with Crippen LogP contribution in [0.5, 0.6) is 0 Å². The number of hydrogen-bond acceptors (Lipinski definition) is 6. The lowest BCUT2D eigenvalue weighted by atomic mass is 10.1. The Morgan fingerprint density at radius 3 is 1.65 bits per heavy atom. The summed E-state index contributed by atoms with van der Waals surface area (Å²) >= 11 is 0. The quantitative estimate of drug-likeness (QED) is 0.0372. The molecule has 288 valence electrons. The second-order valence-corrected chi connectivity index (χ2v) is 13.8. The lowest BCUT2D eigenvalue weighted by Gasteiger charge is -2.23. The first-order chi connectivity index (χ1) is 23.6. The molecule has 0 aliphatic carbocycles. The zero-order valence-corrected chi connectivity index (χ0v) is 31.8. The van der Waals surface area contributed by atoms with Crippen molar-refractivity contribution in [2.24, 2.45) is 0 Å². The van der Waals surface area contributed by atoms with E-state index in [1.807, 2.05) is 6.92 Å². The van der Waals surface area contributed by atoms with Gasteiger partial charge in [0.2, 0.25) is 0 Å². The third kappa shape index (κ3) is 34.4. The van der Waals surface area contributed by atoms with E-state index in [0.717, 1.165) is 116 Å². The van der Waals surface area contributed by atoms with Gasteiger partial charge in [0.1, 0.15) is 6.17 Å². The number of allylic oxidation sites excluding steroid dienone is 2. The summed E-state index contributed by atoms with van der Waals surface area (Å²) in [7, 11) is 4.23. The molecule has 0 aliphatic heterocycles. The van der Waals surface area contributed by atoms with E-state index in [1.165, 1.54) is 18.9 Å². The molecule has 49 heavy (non-hydrogen) atoms. The van der Waals surface area contributed by atoms with Crippen molar-refractivity contribution in [1.82, 2.24) is 9.80 Å². The first-order valence-corrected chi connectivity index (χ1v) is 19.6. The van der Waals surface area contributed by atoms with Crippen molar-refractivity contribution in [2.45, 2.75) is 167 Å². The second-order valence-electron chi connectivity index (χ2n) is 13.8. The van der Waals surface area contributed by atoms with Gasteiger partial charge in [0.15, 0.2) is 0 Å². The van der Waals surface area contributed by atoms with Crippen LogP contribution < -0.4 is 0 Å². The Morgan fingerprint density at radius 1 is 0.653 bits per heavy atom. The summed E-state index contributed by atoms with van der Waals surface area (Å²) in [5.41, 5.74) is 0. The van der Waals surface area contributed by atoms with E-state index in [0.29, 0.717) is 45.1 Å². The predicted molar refractivity (Wildman–Crippen MR) is 198 cm³/mol. The summed E-state index contributed by atoms with van der Waals surface area (Å²) in [6.45, 7) is 8.85. The number of esters is 2. The summed E-state index contributed by atoms with van der Waals surface area (Å²) in [6.07, 6.45) is 23.0. The third-order valence-electron chi connectivity index (χ3n) is 8.54. The Bertz CT molecular complexity index is 838. The van der Waals surface area contributed by atoms with Crippen molar-refractivity contribution < 1.29 is 32.2 Å². The molecule has 6 nitrogen and oxygen atoms in total. The average Bonchev–Trinajstić information content (AvgIpc) is 3.06. The molecule has 0 aromatic carbocycles. The maximum Gasteiger partial charge on any atom is 0.305 e. The van der Waals surface area contributed by atoms with Gasteiger partial charge in [-0.1, -0.05) is 89.9 Å². The topological polar surface area (TPSA) is 59.1 Å². The lowest BCUT2D eigenvalue weighted by Crippen LogP contribution is -2.28. The molecule has 0 saturated carbocycles. The third-order valence-corrected chi connectivity index (χ3v) is 8.54. The number of alkyl halides is 3. The van der Waals surface area contributed by atoms with Crippen LogP contribution in [-0.2, 0) is 19.1 Å². The minimum absolute atomic E-state index is 0.137. The van der Waals surface area contributed by atoms with Crippen LogP contribution in [0, 0.1) is 0 Å². The highest BCUT2D eigenvalue weighted by Gasteiger charge is 2.23. The summed E-state index contributed by atoms with van der Waals surface area (Å²) in [6, 6.07) is 0. The molecule has 0 N–H and O–H groups in total. The number of nitrogens with zero attached hydrogens (tertiary/aromatic N) is 2. The number of rotatable bonds is 35. The van der Waals surface area contributed by atoms with Crippen LogP contribution in [0.3, 0.4) is 0 Å². The van der Waals surface area contributed by atoms with Gasteiger partial charge in [0.05, 0.1) is 13.2 Å². The Kier molecular flexibility index (Phi) is 32.0. The average molecular weight is 703 g/mol. The van der Waals surface area contributed by atoms with Crippen LogP contribution in [0.15, 0.2) is 24.3 Å². The fourth-order valence-electron chi connectivity index (χ4n) is 5.49. The Labute approximate surface area is 298 Å². The zero-order chi connectivity index (χ0) is 36.4. The van der Waals surface area contributed by atoms with Gasteiger partial charge in [0, 0.05) is 19.3 Å². The zero-order valence-electron chi connectivity index (χ0n) is 31.8. The van der Waals surface area contributed by atoms with Crippen molar-refractivity contribution >= 4 is 11.9 Å². The molecule has 0 bridgehead atoms. The number of ether oxygens (including phenoxy) is 2. The number of unbranched alkanes of at least 4 members (excludes halogenated alkanes) is 11. The molecule has 0 fully saturated rings. The minimum Gasteiger partial charge on any atom is -0.465 e. The predicted octanol–water partition coefficient (Wildman–Crippen LogP) is 10.6. The first kappa shape index (κ1) is 47.1. The molecule has 9 heteroatoms. The van der Waals surface area contributed by atoms with Crippen molar-refractivity contribution in [2.75, 3.05) is 53.5 Å². The van der Waals surface area contributed by atoms with Crippen molar-refractivity contribution in [3.05, 3.63) is 24.3 Å². The van der Waals surface area contributed by atoms with E-state index in [4.69, 9.17) is 9.47 Å². The van der Waals surface area contributed by atoms with Crippen molar-refractivity contribution in [3.63, 3.8) is 0 Å². The minimum atomic E-state index is -2.78. The van der Waals surface area contributed by atoms with E-state index in [-0.39, 0.29) is 25.0 Å².